The first-order chi connectivity index (χ1) is 5.99. The summed E-state index contributed by atoms with van der Waals surface area (Å²) in [5.41, 5.74) is 4.92. The molecule has 1 fully saturated rings. The Morgan fingerprint density at radius 3 is 1.77 bits per heavy atom. The average Bonchev–Trinajstić information content (AvgIpc) is 2.37. The highest BCUT2D eigenvalue weighted by molar-refractivity contribution is 5.75. The van der Waals surface area contributed by atoms with E-state index in [1.54, 1.807) is 16.7 Å². The van der Waals surface area contributed by atoms with Crippen molar-refractivity contribution in [3.63, 3.8) is 0 Å². The van der Waals surface area contributed by atoms with E-state index in [1.165, 1.54) is 0 Å². The zero-order valence-electron chi connectivity index (χ0n) is 8.36. The number of carbonyl (C=O) groups is 2. The Morgan fingerprint density at radius 1 is 1.38 bits per heavy atom. The number of aldehydes is 1. The van der Waals surface area contributed by atoms with Crippen LogP contribution in [-0.2, 0) is 4.79 Å². The molecular weight excluding hydrogens is 170 g/mol. The number of likely N-dealkylation sites (N-methyl/N-ethyl adjacent to an activating group) is 2. The molecule has 1 saturated heterocycles. The van der Waals surface area contributed by atoms with Crippen LogP contribution in [0.1, 0.15) is 6.92 Å². The summed E-state index contributed by atoms with van der Waals surface area (Å²) in [6, 6.07) is -0.167. The van der Waals surface area contributed by atoms with Crippen LogP contribution in [0.2, 0.25) is 0 Å². The summed E-state index contributed by atoms with van der Waals surface area (Å²) in [4.78, 5) is 23.6. The molecule has 0 aromatic rings. The van der Waals surface area contributed by atoms with Crippen molar-refractivity contribution >= 4 is 12.3 Å². The highest BCUT2D eigenvalue weighted by atomic mass is 16.2. The number of amides is 2. The number of hydrogen-bond acceptors (Lipinski definition) is 3. The number of nitrogens with two attached hydrogens (primary N) is 1. The lowest BCUT2D eigenvalue weighted by Crippen LogP contribution is -2.25. The molecule has 1 atom stereocenters. The van der Waals surface area contributed by atoms with Crippen molar-refractivity contribution in [1.82, 2.24) is 9.80 Å². The fourth-order valence-corrected chi connectivity index (χ4v) is 0.783. The lowest BCUT2D eigenvalue weighted by atomic mass is 10.4. The summed E-state index contributed by atoms with van der Waals surface area (Å²) in [5, 5.41) is 0. The van der Waals surface area contributed by atoms with Crippen LogP contribution in [0.4, 0.5) is 4.79 Å². The van der Waals surface area contributed by atoms with Crippen LogP contribution in [0.15, 0.2) is 0 Å². The molecule has 1 aliphatic heterocycles. The predicted octanol–water partition coefficient (Wildman–Crippen LogP) is -0.484. The first kappa shape index (κ1) is 11.9. The Labute approximate surface area is 78.5 Å². The Hall–Kier alpha value is -1.10. The summed E-state index contributed by atoms with van der Waals surface area (Å²) in [6.45, 7) is 3.37. The number of rotatable bonds is 1. The highest BCUT2D eigenvalue weighted by Gasteiger charge is 2.20. The van der Waals surface area contributed by atoms with E-state index in [2.05, 4.69) is 0 Å². The Kier molecular flexibility index (Phi) is 5.06. The van der Waals surface area contributed by atoms with Crippen molar-refractivity contribution < 1.29 is 9.59 Å². The van der Waals surface area contributed by atoms with Gasteiger partial charge in [0.25, 0.3) is 0 Å². The minimum Gasteiger partial charge on any atom is -0.326 e. The van der Waals surface area contributed by atoms with E-state index in [0.29, 0.717) is 6.29 Å². The number of nitrogens with zero attached hydrogens (tertiary/aromatic N) is 2. The van der Waals surface area contributed by atoms with Crippen molar-refractivity contribution in [2.75, 3.05) is 27.2 Å². The smallest absolute Gasteiger partial charge is 0.319 e. The molecule has 0 aromatic heterocycles. The van der Waals surface area contributed by atoms with Crippen LogP contribution < -0.4 is 5.73 Å². The highest BCUT2D eigenvalue weighted by Crippen LogP contribution is 2.00. The van der Waals surface area contributed by atoms with Crippen LogP contribution in [0.25, 0.3) is 0 Å². The number of urea groups is 1. The molecule has 1 heterocycles. The molecule has 2 N–H and O–H groups in total. The van der Waals surface area contributed by atoms with E-state index in [9.17, 15) is 9.59 Å². The Bertz CT molecular complexity index is 170. The molecule has 2 amide bonds. The van der Waals surface area contributed by atoms with Crippen molar-refractivity contribution in [3.05, 3.63) is 0 Å². The molecular formula is C8H17N3O2. The second-order valence-corrected chi connectivity index (χ2v) is 3.12. The lowest BCUT2D eigenvalue weighted by molar-refractivity contribution is -0.108. The summed E-state index contributed by atoms with van der Waals surface area (Å²) in [5.74, 6) is 0. The molecule has 5 heteroatoms. The van der Waals surface area contributed by atoms with E-state index < -0.39 is 0 Å². The maximum Gasteiger partial charge on any atom is 0.319 e. The molecule has 76 valence electrons. The van der Waals surface area contributed by atoms with Crippen molar-refractivity contribution in [3.8, 4) is 0 Å². The van der Waals surface area contributed by atoms with Crippen LogP contribution in [0.3, 0.4) is 0 Å². The zero-order chi connectivity index (χ0) is 10.4. The summed E-state index contributed by atoms with van der Waals surface area (Å²) in [7, 11) is 3.62. The fraction of sp³-hybridized carbons (Fsp3) is 0.750. The van der Waals surface area contributed by atoms with Crippen molar-refractivity contribution in [2.24, 2.45) is 5.73 Å². The van der Waals surface area contributed by atoms with Gasteiger partial charge < -0.3 is 20.3 Å². The molecule has 0 saturated carbocycles. The van der Waals surface area contributed by atoms with Crippen LogP contribution >= 0.6 is 0 Å². The third-order valence-electron chi connectivity index (χ3n) is 1.64. The quantitative estimate of drug-likeness (QED) is 0.564. The maximum atomic E-state index is 10.8. The van der Waals surface area contributed by atoms with Gasteiger partial charge in [-0.15, -0.1) is 0 Å². The van der Waals surface area contributed by atoms with Gasteiger partial charge in [-0.1, -0.05) is 0 Å². The SMILES string of the molecule is CC(N)C=O.CN1CCN(C)C1=O. The minimum atomic E-state index is -0.296. The summed E-state index contributed by atoms with van der Waals surface area (Å²) < 4.78 is 0. The average molecular weight is 187 g/mol. The van der Waals surface area contributed by atoms with Crippen LogP contribution in [-0.4, -0.2) is 55.3 Å². The molecule has 0 aliphatic carbocycles. The third-order valence-corrected chi connectivity index (χ3v) is 1.64. The van der Waals surface area contributed by atoms with Crippen LogP contribution in [0.5, 0.6) is 0 Å². The van der Waals surface area contributed by atoms with Gasteiger partial charge in [0.15, 0.2) is 0 Å². The van der Waals surface area contributed by atoms with E-state index in [-0.39, 0.29) is 12.1 Å². The molecule has 1 rings (SSSR count). The molecule has 0 aromatic carbocycles. The second kappa shape index (κ2) is 5.53. The van der Waals surface area contributed by atoms with Gasteiger partial charge >= 0.3 is 6.03 Å². The number of hydrogen-bond donors (Lipinski definition) is 1. The van der Waals surface area contributed by atoms with Gasteiger partial charge in [0, 0.05) is 27.2 Å². The second-order valence-electron chi connectivity index (χ2n) is 3.12. The third kappa shape index (κ3) is 4.47. The molecule has 1 unspecified atom stereocenters. The fourth-order valence-electron chi connectivity index (χ4n) is 0.783. The van der Waals surface area contributed by atoms with Crippen LogP contribution in [0, 0.1) is 0 Å². The van der Waals surface area contributed by atoms with Crippen molar-refractivity contribution in [1.29, 1.82) is 0 Å². The van der Waals surface area contributed by atoms with E-state index >= 15 is 0 Å². The zero-order valence-corrected chi connectivity index (χ0v) is 8.36. The molecule has 1 aliphatic rings. The number of carbonyl (C=O) groups excluding carboxylic acids is 2. The molecule has 0 bridgehead atoms. The predicted molar refractivity (Wildman–Crippen MR) is 50.4 cm³/mol. The molecule has 0 radical (unpaired) electrons. The van der Waals surface area contributed by atoms with E-state index in [0.717, 1.165) is 13.1 Å². The first-order valence-corrected chi connectivity index (χ1v) is 4.16. The first-order valence-electron chi connectivity index (χ1n) is 4.16. The van der Waals surface area contributed by atoms with Gasteiger partial charge in [0.05, 0.1) is 6.04 Å². The van der Waals surface area contributed by atoms with Gasteiger partial charge in [0.1, 0.15) is 6.29 Å². The van der Waals surface area contributed by atoms with Gasteiger partial charge in [-0.05, 0) is 6.92 Å². The monoisotopic (exact) mass is 187 g/mol. The Balaban J connectivity index is 0.000000252. The summed E-state index contributed by atoms with van der Waals surface area (Å²) >= 11 is 0. The van der Waals surface area contributed by atoms with Gasteiger partial charge in [0.2, 0.25) is 0 Å². The van der Waals surface area contributed by atoms with E-state index in [4.69, 9.17) is 5.73 Å². The standard InChI is InChI=1S/C5H10N2O.C3H7NO/c1-6-3-4-7(2)5(6)8;1-3(4)2-5/h3-4H2,1-2H3;2-3H,4H2,1H3. The molecule has 13 heavy (non-hydrogen) atoms. The molecule has 0 spiro atoms. The van der Waals surface area contributed by atoms with E-state index in [1.807, 2.05) is 14.1 Å². The topological polar surface area (TPSA) is 66.6 Å². The largest absolute Gasteiger partial charge is 0.326 e. The minimum absolute atomic E-state index is 0.130. The molecule has 5 nitrogen and oxygen atoms in total. The van der Waals surface area contributed by atoms with Crippen molar-refractivity contribution in [2.45, 2.75) is 13.0 Å². The Morgan fingerprint density at radius 2 is 1.69 bits per heavy atom. The lowest BCUT2D eigenvalue weighted by Gasteiger charge is -2.07. The summed E-state index contributed by atoms with van der Waals surface area (Å²) in [6.07, 6.45) is 0.694. The normalized spacial score (nSPS) is 18.0. The maximum absolute atomic E-state index is 10.8. The van der Waals surface area contributed by atoms with Gasteiger partial charge in [-0.25, -0.2) is 4.79 Å². The van der Waals surface area contributed by atoms with Gasteiger partial charge in [-0.2, -0.15) is 0 Å². The van der Waals surface area contributed by atoms with Gasteiger partial charge in [-0.3, -0.25) is 0 Å².